The van der Waals surface area contributed by atoms with Crippen LogP contribution < -0.4 is 11.3 Å². The van der Waals surface area contributed by atoms with Gasteiger partial charge in [-0.1, -0.05) is 6.07 Å². The van der Waals surface area contributed by atoms with E-state index in [4.69, 9.17) is 5.73 Å². The van der Waals surface area contributed by atoms with Crippen LogP contribution in [0.3, 0.4) is 0 Å². The number of nitrogens with one attached hydrogen (secondary N) is 1. The molecule has 0 aliphatic rings. The van der Waals surface area contributed by atoms with Crippen molar-refractivity contribution in [2.75, 3.05) is 0 Å². The molecule has 0 amide bonds. The van der Waals surface area contributed by atoms with Gasteiger partial charge in [0.1, 0.15) is 5.03 Å². The van der Waals surface area contributed by atoms with Gasteiger partial charge < -0.3 is 10.7 Å². The largest absolute Gasteiger partial charge is 0.324 e. The third kappa shape index (κ3) is 3.18. The van der Waals surface area contributed by atoms with E-state index >= 15 is 0 Å². The van der Waals surface area contributed by atoms with Gasteiger partial charge in [0.25, 0.3) is 5.56 Å². The number of nitrogens with zero attached hydrogens (tertiary/aromatic N) is 2. The van der Waals surface area contributed by atoms with Crippen LogP contribution in [0.5, 0.6) is 0 Å². The zero-order valence-electron chi connectivity index (χ0n) is 10.2. The standard InChI is InChI=1S/C12H14N4OS/c1-7-5-10(17)16-12(15-7)18-11-4-3-9(6-14-11)8(2)13/h3-6,8H,13H2,1-2H3,(H,15,16,17)/t8-/m1/s1. The fraction of sp³-hybridized carbons (Fsp3) is 0.250. The molecule has 2 aromatic heterocycles. The first-order valence-corrected chi connectivity index (χ1v) is 6.33. The smallest absolute Gasteiger partial charge is 0.251 e. The maximum Gasteiger partial charge on any atom is 0.251 e. The summed E-state index contributed by atoms with van der Waals surface area (Å²) < 4.78 is 0. The van der Waals surface area contributed by atoms with Crippen LogP contribution in [-0.2, 0) is 0 Å². The summed E-state index contributed by atoms with van der Waals surface area (Å²) in [5, 5.41) is 1.31. The molecule has 0 aromatic carbocycles. The fourth-order valence-corrected chi connectivity index (χ4v) is 2.20. The van der Waals surface area contributed by atoms with Gasteiger partial charge in [-0.15, -0.1) is 0 Å². The Morgan fingerprint density at radius 2 is 2.22 bits per heavy atom. The zero-order chi connectivity index (χ0) is 13.1. The van der Waals surface area contributed by atoms with Gasteiger partial charge >= 0.3 is 0 Å². The lowest BCUT2D eigenvalue weighted by atomic mass is 10.2. The van der Waals surface area contributed by atoms with Crippen LogP contribution in [0, 0.1) is 6.92 Å². The number of aromatic nitrogens is 3. The highest BCUT2D eigenvalue weighted by Gasteiger charge is 2.04. The molecule has 2 rings (SSSR count). The Kier molecular flexibility index (Phi) is 3.78. The van der Waals surface area contributed by atoms with Crippen molar-refractivity contribution < 1.29 is 0 Å². The summed E-state index contributed by atoms with van der Waals surface area (Å²) >= 11 is 1.32. The lowest BCUT2D eigenvalue weighted by Crippen LogP contribution is -2.08. The second-order valence-corrected chi connectivity index (χ2v) is 5.02. The van der Waals surface area contributed by atoms with E-state index in [2.05, 4.69) is 15.0 Å². The average molecular weight is 262 g/mol. The average Bonchev–Trinajstić information content (AvgIpc) is 2.28. The minimum atomic E-state index is -0.155. The van der Waals surface area contributed by atoms with Crippen LogP contribution >= 0.6 is 11.8 Å². The fourth-order valence-electron chi connectivity index (χ4n) is 1.42. The number of aryl methyl sites for hydroxylation is 1. The normalized spacial score (nSPS) is 12.4. The van der Waals surface area contributed by atoms with Crippen LogP contribution in [0.15, 0.2) is 39.4 Å². The molecule has 0 aliphatic carbocycles. The van der Waals surface area contributed by atoms with Crippen LogP contribution in [0.4, 0.5) is 0 Å². The lowest BCUT2D eigenvalue weighted by Gasteiger charge is -2.05. The molecule has 0 spiro atoms. The molecular formula is C12H14N4OS. The Hall–Kier alpha value is -1.66. The number of pyridine rings is 1. The van der Waals surface area contributed by atoms with E-state index in [1.54, 1.807) is 13.1 Å². The third-order valence-corrected chi connectivity index (χ3v) is 3.17. The number of rotatable bonds is 3. The van der Waals surface area contributed by atoms with Gasteiger partial charge in [-0.3, -0.25) is 4.79 Å². The van der Waals surface area contributed by atoms with Crippen LogP contribution in [0.1, 0.15) is 24.2 Å². The first-order valence-electron chi connectivity index (χ1n) is 5.52. The number of nitrogens with two attached hydrogens (primary N) is 1. The minimum absolute atomic E-state index is 0.0338. The van der Waals surface area contributed by atoms with E-state index in [1.165, 1.54) is 17.8 Å². The Balaban J connectivity index is 2.20. The highest BCUT2D eigenvalue weighted by atomic mass is 32.2. The lowest BCUT2D eigenvalue weighted by molar-refractivity contribution is 0.805. The SMILES string of the molecule is Cc1cc(=O)[nH]c(Sc2ccc([C@@H](C)N)cn2)n1. The van der Waals surface area contributed by atoms with Gasteiger partial charge in [-0.05, 0) is 37.2 Å². The van der Waals surface area contributed by atoms with Gasteiger partial charge in [0.2, 0.25) is 0 Å². The molecule has 1 atom stereocenters. The predicted molar refractivity (Wildman–Crippen MR) is 70.6 cm³/mol. The summed E-state index contributed by atoms with van der Waals surface area (Å²) in [4.78, 5) is 22.5. The van der Waals surface area contributed by atoms with Gasteiger partial charge in [0.05, 0.1) is 0 Å². The van der Waals surface area contributed by atoms with Crippen molar-refractivity contribution in [1.29, 1.82) is 0 Å². The van der Waals surface area contributed by atoms with E-state index in [-0.39, 0.29) is 11.6 Å². The monoisotopic (exact) mass is 262 g/mol. The van der Waals surface area contributed by atoms with E-state index in [0.717, 1.165) is 10.6 Å². The van der Waals surface area contributed by atoms with E-state index in [1.807, 2.05) is 19.1 Å². The molecular weight excluding hydrogens is 248 g/mol. The molecule has 0 aliphatic heterocycles. The highest BCUT2D eigenvalue weighted by molar-refractivity contribution is 7.99. The second kappa shape index (κ2) is 5.32. The maximum atomic E-state index is 11.3. The highest BCUT2D eigenvalue weighted by Crippen LogP contribution is 2.22. The Morgan fingerprint density at radius 3 is 2.78 bits per heavy atom. The minimum Gasteiger partial charge on any atom is -0.324 e. The summed E-state index contributed by atoms with van der Waals surface area (Å²) in [6.07, 6.45) is 1.74. The third-order valence-electron chi connectivity index (χ3n) is 2.33. The van der Waals surface area contributed by atoms with Crippen molar-refractivity contribution >= 4 is 11.8 Å². The number of H-pyrrole nitrogens is 1. The molecule has 3 N–H and O–H groups in total. The van der Waals surface area contributed by atoms with Gasteiger partial charge in [-0.2, -0.15) is 0 Å². The Labute approximate surface area is 109 Å². The molecule has 94 valence electrons. The van der Waals surface area contributed by atoms with E-state index in [9.17, 15) is 4.79 Å². The van der Waals surface area contributed by atoms with Crippen LogP contribution in [-0.4, -0.2) is 15.0 Å². The molecule has 0 saturated heterocycles. The first kappa shape index (κ1) is 12.8. The van der Waals surface area contributed by atoms with Crippen LogP contribution in [0.2, 0.25) is 0 Å². The van der Waals surface area contributed by atoms with E-state index < -0.39 is 0 Å². The molecule has 0 saturated carbocycles. The van der Waals surface area contributed by atoms with Crippen molar-refractivity contribution in [3.05, 3.63) is 46.0 Å². The van der Waals surface area contributed by atoms with Crippen molar-refractivity contribution in [2.45, 2.75) is 30.1 Å². The Morgan fingerprint density at radius 1 is 1.44 bits per heavy atom. The number of aromatic amines is 1. The molecule has 18 heavy (non-hydrogen) atoms. The molecule has 2 aromatic rings. The van der Waals surface area contributed by atoms with Gasteiger partial charge in [0, 0.05) is 24.0 Å². The molecule has 0 radical (unpaired) electrons. The number of hydrogen-bond donors (Lipinski definition) is 2. The summed E-state index contributed by atoms with van der Waals surface area (Å²) in [5.74, 6) is 0. The van der Waals surface area contributed by atoms with Crippen LogP contribution in [0.25, 0.3) is 0 Å². The predicted octanol–water partition coefficient (Wildman–Crippen LogP) is 1.64. The second-order valence-electron chi connectivity index (χ2n) is 4.01. The van der Waals surface area contributed by atoms with Crippen molar-refractivity contribution in [2.24, 2.45) is 5.73 Å². The van der Waals surface area contributed by atoms with Crippen molar-refractivity contribution in [3.8, 4) is 0 Å². The van der Waals surface area contributed by atoms with Gasteiger partial charge in [0.15, 0.2) is 5.16 Å². The molecule has 6 heteroatoms. The molecule has 0 fully saturated rings. The molecule has 0 unspecified atom stereocenters. The summed E-state index contributed by atoms with van der Waals surface area (Å²) in [7, 11) is 0. The number of hydrogen-bond acceptors (Lipinski definition) is 5. The maximum absolute atomic E-state index is 11.3. The zero-order valence-corrected chi connectivity index (χ0v) is 11.0. The topological polar surface area (TPSA) is 84.7 Å². The quantitative estimate of drug-likeness (QED) is 0.821. The first-order chi connectivity index (χ1) is 8.54. The Bertz CT molecular complexity index is 592. The van der Waals surface area contributed by atoms with Crippen molar-refractivity contribution in [1.82, 2.24) is 15.0 Å². The summed E-state index contributed by atoms with van der Waals surface area (Å²) in [5.41, 5.74) is 7.26. The van der Waals surface area contributed by atoms with Gasteiger partial charge in [-0.25, -0.2) is 9.97 Å². The van der Waals surface area contributed by atoms with Crippen molar-refractivity contribution in [3.63, 3.8) is 0 Å². The summed E-state index contributed by atoms with van der Waals surface area (Å²) in [6, 6.07) is 5.21. The molecule has 0 bridgehead atoms. The summed E-state index contributed by atoms with van der Waals surface area (Å²) in [6.45, 7) is 3.69. The molecule has 5 nitrogen and oxygen atoms in total. The molecule has 2 heterocycles. The van der Waals surface area contributed by atoms with E-state index in [0.29, 0.717) is 10.9 Å².